The molecule has 0 spiro atoms. The minimum absolute atomic E-state index is 0.0291. The second kappa shape index (κ2) is 6.82. The van der Waals surface area contributed by atoms with Crippen molar-refractivity contribution in [2.75, 3.05) is 11.5 Å². The lowest BCUT2D eigenvalue weighted by molar-refractivity contribution is -0.121. The Morgan fingerprint density at radius 2 is 1.93 bits per heavy atom. The van der Waals surface area contributed by atoms with Crippen LogP contribution in [0.2, 0.25) is 0 Å². The van der Waals surface area contributed by atoms with E-state index in [1.165, 1.54) is 0 Å². The molecule has 1 amide bonds. The summed E-state index contributed by atoms with van der Waals surface area (Å²) in [7, 11) is -3.00. The van der Waals surface area contributed by atoms with E-state index in [2.05, 4.69) is 5.32 Å². The highest BCUT2D eigenvalue weighted by atomic mass is 32.2. The van der Waals surface area contributed by atoms with Crippen molar-refractivity contribution in [1.82, 2.24) is 5.32 Å². The first-order valence-corrected chi connectivity index (χ1v) is 7.23. The summed E-state index contributed by atoms with van der Waals surface area (Å²) in [5.74, 6) is 0.0967. The molecule has 0 unspecified atom stereocenters. The molecule has 4 nitrogen and oxygen atoms in total. The average Bonchev–Trinajstić information content (AvgIpc) is 2.13. The molecule has 15 heavy (non-hydrogen) atoms. The van der Waals surface area contributed by atoms with Crippen LogP contribution < -0.4 is 5.32 Å². The van der Waals surface area contributed by atoms with Crippen molar-refractivity contribution in [2.24, 2.45) is 0 Å². The molecule has 0 saturated carbocycles. The SMILES string of the molecule is CCCCC(=O)N[C@@H](C)CS(=O)(=O)CC. The number of unbranched alkanes of at least 4 members (excludes halogenated alkanes) is 1. The van der Waals surface area contributed by atoms with Crippen molar-refractivity contribution in [3.05, 3.63) is 0 Å². The maximum Gasteiger partial charge on any atom is 0.220 e. The van der Waals surface area contributed by atoms with Gasteiger partial charge in [0.05, 0.1) is 5.75 Å². The van der Waals surface area contributed by atoms with Gasteiger partial charge in [0.15, 0.2) is 9.84 Å². The molecule has 0 aromatic rings. The van der Waals surface area contributed by atoms with Gasteiger partial charge in [0.25, 0.3) is 0 Å². The molecule has 0 rings (SSSR count). The van der Waals surface area contributed by atoms with Crippen molar-refractivity contribution in [3.8, 4) is 0 Å². The fourth-order valence-corrected chi connectivity index (χ4v) is 2.31. The van der Waals surface area contributed by atoms with Crippen LogP contribution in [0.1, 0.15) is 40.0 Å². The van der Waals surface area contributed by atoms with Crippen LogP contribution in [-0.2, 0) is 14.6 Å². The summed E-state index contributed by atoms with van der Waals surface area (Å²) in [6, 6.07) is -0.292. The molecule has 0 aliphatic carbocycles. The third kappa shape index (κ3) is 7.36. The van der Waals surface area contributed by atoms with Gasteiger partial charge in [0.2, 0.25) is 5.91 Å². The molecule has 0 fully saturated rings. The van der Waals surface area contributed by atoms with Crippen LogP contribution in [0, 0.1) is 0 Å². The summed E-state index contributed by atoms with van der Waals surface area (Å²) < 4.78 is 22.5. The van der Waals surface area contributed by atoms with Crippen LogP contribution >= 0.6 is 0 Å². The van der Waals surface area contributed by atoms with E-state index in [0.717, 1.165) is 12.8 Å². The van der Waals surface area contributed by atoms with E-state index in [-0.39, 0.29) is 23.5 Å². The number of hydrogen-bond donors (Lipinski definition) is 1. The maximum atomic E-state index is 11.3. The zero-order chi connectivity index (χ0) is 11.9. The Balaban J connectivity index is 3.93. The third-order valence-electron chi connectivity index (χ3n) is 2.11. The van der Waals surface area contributed by atoms with Gasteiger partial charge in [0, 0.05) is 18.2 Å². The molecular formula is C10H21NO3S. The topological polar surface area (TPSA) is 63.2 Å². The molecule has 1 N–H and O–H groups in total. The predicted octanol–water partition coefficient (Wildman–Crippen LogP) is 1.12. The Morgan fingerprint density at radius 1 is 1.33 bits per heavy atom. The Morgan fingerprint density at radius 3 is 2.40 bits per heavy atom. The molecule has 0 bridgehead atoms. The van der Waals surface area contributed by atoms with Crippen LogP contribution in [0.15, 0.2) is 0 Å². The first kappa shape index (κ1) is 14.4. The molecule has 0 heterocycles. The summed E-state index contributed by atoms with van der Waals surface area (Å²) in [6.07, 6.45) is 2.29. The minimum Gasteiger partial charge on any atom is -0.353 e. The highest BCUT2D eigenvalue weighted by Gasteiger charge is 2.15. The van der Waals surface area contributed by atoms with Crippen LogP contribution in [0.5, 0.6) is 0 Å². The number of nitrogens with one attached hydrogen (secondary N) is 1. The summed E-state index contributed by atoms with van der Waals surface area (Å²) in [6.45, 7) is 5.34. The van der Waals surface area contributed by atoms with Gasteiger partial charge in [-0.1, -0.05) is 20.3 Å². The molecule has 0 radical (unpaired) electrons. The van der Waals surface area contributed by atoms with Crippen LogP contribution in [0.3, 0.4) is 0 Å². The molecule has 0 aromatic carbocycles. The number of hydrogen-bond acceptors (Lipinski definition) is 3. The Hall–Kier alpha value is -0.580. The quantitative estimate of drug-likeness (QED) is 0.719. The van der Waals surface area contributed by atoms with Crippen LogP contribution in [0.4, 0.5) is 0 Å². The number of carbonyl (C=O) groups excluding carboxylic acids is 1. The van der Waals surface area contributed by atoms with Crippen molar-refractivity contribution < 1.29 is 13.2 Å². The molecule has 0 aromatic heterocycles. The van der Waals surface area contributed by atoms with Gasteiger partial charge in [-0.05, 0) is 13.3 Å². The monoisotopic (exact) mass is 235 g/mol. The summed E-state index contributed by atoms with van der Waals surface area (Å²) in [5.41, 5.74) is 0. The van der Waals surface area contributed by atoms with E-state index in [9.17, 15) is 13.2 Å². The molecule has 1 atom stereocenters. The van der Waals surface area contributed by atoms with Gasteiger partial charge in [-0.3, -0.25) is 4.79 Å². The number of sulfone groups is 1. The van der Waals surface area contributed by atoms with Gasteiger partial charge in [-0.2, -0.15) is 0 Å². The average molecular weight is 235 g/mol. The third-order valence-corrected chi connectivity index (χ3v) is 4.00. The molecule has 0 saturated heterocycles. The highest BCUT2D eigenvalue weighted by molar-refractivity contribution is 7.91. The maximum absolute atomic E-state index is 11.3. The first-order chi connectivity index (χ1) is 6.91. The van der Waals surface area contributed by atoms with Crippen LogP contribution in [0.25, 0.3) is 0 Å². The minimum atomic E-state index is -3.00. The van der Waals surface area contributed by atoms with E-state index in [0.29, 0.717) is 6.42 Å². The fraction of sp³-hybridized carbons (Fsp3) is 0.900. The van der Waals surface area contributed by atoms with E-state index in [1.54, 1.807) is 13.8 Å². The van der Waals surface area contributed by atoms with E-state index >= 15 is 0 Å². The zero-order valence-electron chi connectivity index (χ0n) is 9.75. The van der Waals surface area contributed by atoms with Crippen molar-refractivity contribution in [1.29, 1.82) is 0 Å². The number of amides is 1. The van der Waals surface area contributed by atoms with Gasteiger partial charge in [0.1, 0.15) is 0 Å². The molecule has 0 aliphatic heterocycles. The molecule has 5 heteroatoms. The summed E-state index contributed by atoms with van der Waals surface area (Å²) in [5, 5.41) is 2.69. The number of rotatable bonds is 7. The lowest BCUT2D eigenvalue weighted by Gasteiger charge is -2.13. The fourth-order valence-electron chi connectivity index (χ4n) is 1.22. The smallest absolute Gasteiger partial charge is 0.220 e. The highest BCUT2D eigenvalue weighted by Crippen LogP contribution is 1.97. The van der Waals surface area contributed by atoms with Crippen molar-refractivity contribution >= 4 is 15.7 Å². The summed E-state index contributed by atoms with van der Waals surface area (Å²) >= 11 is 0. The normalized spacial score (nSPS) is 13.5. The standard InChI is InChI=1S/C10H21NO3S/c1-4-6-7-10(12)11-9(3)8-15(13,14)5-2/h9H,4-8H2,1-3H3,(H,11,12)/t9-/m0/s1. The Kier molecular flexibility index (Phi) is 6.56. The van der Waals surface area contributed by atoms with Crippen molar-refractivity contribution in [2.45, 2.75) is 46.1 Å². The second-order valence-corrected chi connectivity index (χ2v) is 6.17. The molecule has 90 valence electrons. The Bertz CT molecular complexity index is 285. The lowest BCUT2D eigenvalue weighted by Crippen LogP contribution is -2.37. The predicted molar refractivity (Wildman–Crippen MR) is 61.5 cm³/mol. The molecule has 0 aliphatic rings. The zero-order valence-corrected chi connectivity index (χ0v) is 10.6. The largest absolute Gasteiger partial charge is 0.353 e. The van der Waals surface area contributed by atoms with Gasteiger partial charge in [-0.15, -0.1) is 0 Å². The van der Waals surface area contributed by atoms with Crippen molar-refractivity contribution in [3.63, 3.8) is 0 Å². The second-order valence-electron chi connectivity index (χ2n) is 3.77. The van der Waals surface area contributed by atoms with E-state index in [4.69, 9.17) is 0 Å². The van der Waals surface area contributed by atoms with Crippen LogP contribution in [-0.4, -0.2) is 31.9 Å². The summed E-state index contributed by atoms with van der Waals surface area (Å²) in [4.78, 5) is 11.3. The number of carbonyl (C=O) groups is 1. The van der Waals surface area contributed by atoms with E-state index in [1.807, 2.05) is 6.92 Å². The van der Waals surface area contributed by atoms with E-state index < -0.39 is 9.84 Å². The van der Waals surface area contributed by atoms with Gasteiger partial charge < -0.3 is 5.32 Å². The lowest BCUT2D eigenvalue weighted by atomic mass is 10.2. The first-order valence-electron chi connectivity index (χ1n) is 5.41. The molecular weight excluding hydrogens is 214 g/mol. The van der Waals surface area contributed by atoms with Gasteiger partial charge >= 0.3 is 0 Å². The van der Waals surface area contributed by atoms with Gasteiger partial charge in [-0.25, -0.2) is 8.42 Å². The Labute approximate surface area is 92.4 Å².